The number of halogens is 1. The maximum Gasteiger partial charge on any atom is 0.271 e. The lowest BCUT2D eigenvalue weighted by Crippen LogP contribution is -2.29. The Morgan fingerprint density at radius 2 is 1.94 bits per heavy atom. The van der Waals surface area contributed by atoms with Crippen LogP contribution in [-0.4, -0.2) is 20.5 Å². The molecule has 180 valence electrons. The number of nitrogens with zero attached hydrogens (tertiary/aromatic N) is 1. The van der Waals surface area contributed by atoms with Crippen molar-refractivity contribution in [3.8, 4) is 5.75 Å². The van der Waals surface area contributed by atoms with E-state index in [9.17, 15) is 18.5 Å². The lowest BCUT2D eigenvalue weighted by Gasteiger charge is -2.38. The van der Waals surface area contributed by atoms with Gasteiger partial charge in [0.05, 0.1) is 28.7 Å². The summed E-state index contributed by atoms with van der Waals surface area (Å²) in [5.74, 6) is 1.02. The van der Waals surface area contributed by atoms with E-state index >= 15 is 0 Å². The van der Waals surface area contributed by atoms with E-state index in [4.69, 9.17) is 4.74 Å². The summed E-state index contributed by atoms with van der Waals surface area (Å²) in [5, 5.41) is 14.7. The van der Waals surface area contributed by atoms with Crippen LogP contribution in [0.4, 0.5) is 17.1 Å². The zero-order chi connectivity index (χ0) is 24.7. The van der Waals surface area contributed by atoms with Crippen molar-refractivity contribution in [1.29, 1.82) is 0 Å². The van der Waals surface area contributed by atoms with E-state index in [2.05, 4.69) is 44.2 Å². The lowest BCUT2D eigenvalue weighted by molar-refractivity contribution is -0.384. The molecule has 0 bridgehead atoms. The molecule has 0 saturated carbocycles. The SMILES string of the molecule is COc1ccc(Br)cc1[C@H]1Nc2ccc(S(=O)(=O)Nc3cccc([N+](=O)[O-])c3)cc2[C@H]2C=CC[C@H]21. The first-order valence-electron chi connectivity index (χ1n) is 10.9. The standard InChI is InChI=1S/C25H22BrN3O5S/c1-34-24-11-8-15(26)12-22(24)25-20-7-3-6-19(20)21-14-18(9-10-23(21)27-25)35(32,33)28-16-4-2-5-17(13-16)29(30)31/h2-6,8-14,19-20,25,27-28H,7H2,1H3/t19-,20+,25-/m0/s1. The molecule has 1 aliphatic carbocycles. The van der Waals surface area contributed by atoms with E-state index in [0.717, 1.165) is 33.5 Å². The molecule has 0 aromatic heterocycles. The van der Waals surface area contributed by atoms with Crippen molar-refractivity contribution in [3.63, 3.8) is 0 Å². The van der Waals surface area contributed by atoms with E-state index in [1.165, 1.54) is 24.3 Å². The van der Waals surface area contributed by atoms with E-state index in [-0.39, 0.29) is 34.1 Å². The molecule has 0 fully saturated rings. The molecule has 0 radical (unpaired) electrons. The Bertz CT molecular complexity index is 1460. The maximum absolute atomic E-state index is 13.1. The van der Waals surface area contributed by atoms with Crippen LogP contribution >= 0.6 is 15.9 Å². The summed E-state index contributed by atoms with van der Waals surface area (Å²) >= 11 is 3.56. The van der Waals surface area contributed by atoms with Crippen LogP contribution in [0.15, 0.2) is 82.2 Å². The molecule has 5 rings (SSSR count). The van der Waals surface area contributed by atoms with Crippen molar-refractivity contribution < 1.29 is 18.1 Å². The molecule has 0 spiro atoms. The number of ether oxygens (including phenoxy) is 1. The first kappa shape index (κ1) is 23.4. The number of nitro benzene ring substituents is 1. The van der Waals surface area contributed by atoms with Crippen molar-refractivity contribution >= 4 is 43.0 Å². The van der Waals surface area contributed by atoms with Gasteiger partial charge in [-0.25, -0.2) is 8.42 Å². The summed E-state index contributed by atoms with van der Waals surface area (Å²) in [6.07, 6.45) is 5.11. The van der Waals surface area contributed by atoms with Gasteiger partial charge in [-0.2, -0.15) is 0 Å². The Labute approximate surface area is 211 Å². The van der Waals surface area contributed by atoms with Gasteiger partial charge in [-0.15, -0.1) is 0 Å². The number of nitro groups is 1. The molecular formula is C25H22BrN3O5S. The van der Waals surface area contributed by atoms with Crippen LogP contribution in [0.3, 0.4) is 0 Å². The molecule has 2 N–H and O–H groups in total. The van der Waals surface area contributed by atoms with Gasteiger partial charge >= 0.3 is 0 Å². The van der Waals surface area contributed by atoms with Crippen LogP contribution in [0.5, 0.6) is 5.75 Å². The number of allylic oxidation sites excluding steroid dienone is 2. The Morgan fingerprint density at radius 1 is 1.11 bits per heavy atom. The van der Waals surface area contributed by atoms with Gasteiger partial charge in [-0.1, -0.05) is 34.1 Å². The number of hydrogen-bond donors (Lipinski definition) is 2. The molecule has 3 aromatic carbocycles. The van der Waals surface area contributed by atoms with E-state index in [1.807, 2.05) is 12.1 Å². The molecule has 1 heterocycles. The molecule has 1 aliphatic heterocycles. The molecule has 0 amide bonds. The molecule has 3 atom stereocenters. The van der Waals surface area contributed by atoms with Crippen LogP contribution in [0.25, 0.3) is 0 Å². The van der Waals surface area contributed by atoms with Crippen LogP contribution in [-0.2, 0) is 10.0 Å². The van der Waals surface area contributed by atoms with Gasteiger partial charge in [0.15, 0.2) is 0 Å². The van der Waals surface area contributed by atoms with E-state index in [1.54, 1.807) is 25.3 Å². The highest BCUT2D eigenvalue weighted by Crippen LogP contribution is 2.51. The zero-order valence-corrected chi connectivity index (χ0v) is 21.0. The Morgan fingerprint density at radius 3 is 2.71 bits per heavy atom. The van der Waals surface area contributed by atoms with Crippen LogP contribution in [0, 0.1) is 16.0 Å². The second-order valence-electron chi connectivity index (χ2n) is 8.52. The van der Waals surface area contributed by atoms with Crippen LogP contribution in [0.1, 0.15) is 29.5 Å². The minimum atomic E-state index is -3.95. The zero-order valence-electron chi connectivity index (χ0n) is 18.6. The minimum absolute atomic E-state index is 0.0135. The van der Waals surface area contributed by atoms with E-state index in [0.29, 0.717) is 0 Å². The fourth-order valence-corrected chi connectivity index (χ4v) is 6.36. The smallest absolute Gasteiger partial charge is 0.271 e. The fraction of sp³-hybridized carbons (Fsp3) is 0.200. The lowest BCUT2D eigenvalue weighted by atomic mass is 9.77. The number of nitrogens with one attached hydrogen (secondary N) is 2. The number of benzene rings is 3. The van der Waals surface area contributed by atoms with Crippen molar-refractivity contribution in [2.75, 3.05) is 17.1 Å². The first-order valence-corrected chi connectivity index (χ1v) is 13.2. The van der Waals surface area contributed by atoms with Crippen LogP contribution in [0.2, 0.25) is 0 Å². The molecule has 0 unspecified atom stereocenters. The largest absolute Gasteiger partial charge is 0.496 e. The second-order valence-corrected chi connectivity index (χ2v) is 11.1. The Balaban J connectivity index is 1.49. The summed E-state index contributed by atoms with van der Waals surface area (Å²) in [6, 6.07) is 16.3. The molecule has 0 saturated heterocycles. The highest BCUT2D eigenvalue weighted by molar-refractivity contribution is 9.10. The van der Waals surface area contributed by atoms with Gasteiger partial charge in [-0.05, 0) is 60.4 Å². The Hall–Kier alpha value is -3.37. The molecule has 8 nitrogen and oxygen atoms in total. The molecule has 2 aliphatic rings. The molecule has 35 heavy (non-hydrogen) atoms. The normalized spacial score (nSPS) is 20.5. The Kier molecular flexibility index (Phi) is 6.02. The third kappa shape index (κ3) is 4.39. The van der Waals surface area contributed by atoms with Crippen molar-refractivity contribution in [2.24, 2.45) is 5.92 Å². The van der Waals surface area contributed by atoms with Crippen molar-refractivity contribution in [1.82, 2.24) is 0 Å². The highest BCUT2D eigenvalue weighted by Gasteiger charge is 2.39. The quantitative estimate of drug-likeness (QED) is 0.219. The molecule has 10 heteroatoms. The van der Waals surface area contributed by atoms with Gasteiger partial charge in [0, 0.05) is 33.8 Å². The van der Waals surface area contributed by atoms with Gasteiger partial charge in [0.1, 0.15) is 5.75 Å². The monoisotopic (exact) mass is 555 g/mol. The summed E-state index contributed by atoms with van der Waals surface area (Å²) in [5.41, 5.74) is 2.74. The third-order valence-corrected chi connectivity index (χ3v) is 8.35. The number of anilines is 2. The summed E-state index contributed by atoms with van der Waals surface area (Å²) < 4.78 is 35.3. The number of sulfonamides is 1. The van der Waals surface area contributed by atoms with Crippen molar-refractivity contribution in [3.05, 3.63) is 98.5 Å². The third-order valence-electron chi connectivity index (χ3n) is 6.48. The minimum Gasteiger partial charge on any atom is -0.496 e. The topological polar surface area (TPSA) is 111 Å². The molecule has 3 aromatic rings. The number of methoxy groups -OCH3 is 1. The number of rotatable bonds is 6. The predicted octanol–water partition coefficient (Wildman–Crippen LogP) is 5.99. The number of hydrogen-bond acceptors (Lipinski definition) is 6. The summed E-state index contributed by atoms with van der Waals surface area (Å²) in [6.45, 7) is 0. The van der Waals surface area contributed by atoms with Gasteiger partial charge in [0.25, 0.3) is 15.7 Å². The number of fused-ring (bicyclic) bond motifs is 3. The first-order chi connectivity index (χ1) is 16.8. The second kappa shape index (κ2) is 9.01. The predicted molar refractivity (Wildman–Crippen MR) is 137 cm³/mol. The van der Waals surface area contributed by atoms with Gasteiger partial charge in [0.2, 0.25) is 0 Å². The van der Waals surface area contributed by atoms with E-state index < -0.39 is 14.9 Å². The summed E-state index contributed by atoms with van der Waals surface area (Å²) in [7, 11) is -2.30. The summed E-state index contributed by atoms with van der Waals surface area (Å²) in [4.78, 5) is 10.6. The van der Waals surface area contributed by atoms with Crippen LogP contribution < -0.4 is 14.8 Å². The fourth-order valence-electron chi connectivity index (χ4n) is 4.89. The van der Waals surface area contributed by atoms with Gasteiger partial charge < -0.3 is 10.1 Å². The average Bonchev–Trinajstić information content (AvgIpc) is 3.33. The number of non-ortho nitro benzene ring substituents is 1. The highest BCUT2D eigenvalue weighted by atomic mass is 79.9. The van der Waals surface area contributed by atoms with Gasteiger partial charge in [-0.3, -0.25) is 14.8 Å². The van der Waals surface area contributed by atoms with Crippen molar-refractivity contribution in [2.45, 2.75) is 23.3 Å². The molecular weight excluding hydrogens is 534 g/mol. The maximum atomic E-state index is 13.1. The average molecular weight is 556 g/mol.